The van der Waals surface area contributed by atoms with Crippen LogP contribution in [0.3, 0.4) is 0 Å². The number of piperazine rings is 1. The molecule has 4 fully saturated rings. The number of aromatic nitrogens is 1. The average Bonchev–Trinajstić information content (AvgIpc) is 3.78. The van der Waals surface area contributed by atoms with Crippen LogP contribution in [-0.4, -0.2) is 97.5 Å². The summed E-state index contributed by atoms with van der Waals surface area (Å²) in [6.07, 6.45) is 8.21. The standard InChI is InChI=1S/C32H43N5O4S/c1-35-14-16-36(17-15-35)32-33-26(21-42-32)22-9-11-24(12-10-22)30(39)34-28(23-6-3-2-4-7-23)31(40)37-20-25(8-5-18-38)29-27(37)13-19-41-29/h9-12,18,21,23,25,27-29H,2-8,13-17,19-20H2,1H3,(H,34,39)/t25-,27-,28-,29+/m0/s1. The fourth-order valence-electron chi connectivity index (χ4n) is 7.25. The number of thiazole rings is 1. The second-order valence-corrected chi connectivity index (χ2v) is 13.3. The lowest BCUT2D eigenvalue weighted by molar-refractivity contribution is -0.136. The minimum Gasteiger partial charge on any atom is -0.376 e. The monoisotopic (exact) mass is 593 g/mol. The number of carbonyl (C=O) groups excluding carboxylic acids is 3. The number of likely N-dealkylation sites (tertiary alicyclic amines) is 1. The van der Waals surface area contributed by atoms with Crippen molar-refractivity contribution in [3.05, 3.63) is 35.2 Å². The molecule has 3 aliphatic heterocycles. The predicted molar refractivity (Wildman–Crippen MR) is 164 cm³/mol. The molecular formula is C32H43N5O4S. The summed E-state index contributed by atoms with van der Waals surface area (Å²) in [7, 11) is 2.15. The zero-order valence-electron chi connectivity index (χ0n) is 24.6. The summed E-state index contributed by atoms with van der Waals surface area (Å²) in [4.78, 5) is 50.3. The Morgan fingerprint density at radius 3 is 2.60 bits per heavy atom. The van der Waals surface area contributed by atoms with Crippen molar-refractivity contribution < 1.29 is 19.1 Å². The molecule has 9 nitrogen and oxygen atoms in total. The van der Waals surface area contributed by atoms with Crippen LogP contribution in [0, 0.1) is 11.8 Å². The van der Waals surface area contributed by atoms with Crippen molar-refractivity contribution in [3.63, 3.8) is 0 Å². The molecule has 0 spiro atoms. The molecular weight excluding hydrogens is 550 g/mol. The number of hydrogen-bond donors (Lipinski definition) is 1. The third-order valence-electron chi connectivity index (χ3n) is 9.72. The number of hydrogen-bond acceptors (Lipinski definition) is 8. The van der Waals surface area contributed by atoms with Gasteiger partial charge in [-0.05, 0) is 50.8 Å². The van der Waals surface area contributed by atoms with Crippen LogP contribution in [0.5, 0.6) is 0 Å². The number of anilines is 1. The van der Waals surface area contributed by atoms with Gasteiger partial charge in [-0.3, -0.25) is 9.59 Å². The smallest absolute Gasteiger partial charge is 0.251 e. The summed E-state index contributed by atoms with van der Waals surface area (Å²) in [5, 5.41) is 6.30. The molecule has 6 rings (SSSR count). The van der Waals surface area contributed by atoms with Gasteiger partial charge < -0.3 is 29.5 Å². The van der Waals surface area contributed by atoms with E-state index < -0.39 is 6.04 Å². The minimum atomic E-state index is -0.548. The number of nitrogens with one attached hydrogen (secondary N) is 1. The Labute approximate surface area is 252 Å². The lowest BCUT2D eigenvalue weighted by atomic mass is 9.83. The Morgan fingerprint density at radius 2 is 1.86 bits per heavy atom. The molecule has 226 valence electrons. The highest BCUT2D eigenvalue weighted by Gasteiger charge is 2.49. The van der Waals surface area contributed by atoms with E-state index in [1.54, 1.807) is 11.3 Å². The zero-order valence-corrected chi connectivity index (χ0v) is 25.4. The lowest BCUT2D eigenvalue weighted by Gasteiger charge is -2.34. The van der Waals surface area contributed by atoms with E-state index in [1.807, 2.05) is 29.2 Å². The number of amides is 2. The summed E-state index contributed by atoms with van der Waals surface area (Å²) < 4.78 is 6.02. The molecule has 1 aromatic carbocycles. The summed E-state index contributed by atoms with van der Waals surface area (Å²) in [5.74, 6) is 0.106. The van der Waals surface area contributed by atoms with E-state index >= 15 is 0 Å². The SMILES string of the molecule is CN1CCN(c2nc(-c3ccc(C(=O)N[C@H](C(=O)N4C[C@H](CCC=O)[C@H]5OCC[C@@H]54)C4CCCCC4)cc3)cs2)CC1. The van der Waals surface area contributed by atoms with Gasteiger partial charge in [0.25, 0.3) is 5.91 Å². The lowest BCUT2D eigenvalue weighted by Crippen LogP contribution is -2.54. The van der Waals surface area contributed by atoms with E-state index in [2.05, 4.69) is 27.5 Å². The normalized spacial score (nSPS) is 25.8. The molecule has 2 amide bonds. The van der Waals surface area contributed by atoms with Gasteiger partial charge in [0.15, 0.2) is 5.13 Å². The molecule has 2 aromatic rings. The highest BCUT2D eigenvalue weighted by Crippen LogP contribution is 2.37. The molecule has 10 heteroatoms. The van der Waals surface area contributed by atoms with Gasteiger partial charge in [-0.15, -0.1) is 11.3 Å². The van der Waals surface area contributed by atoms with E-state index in [1.165, 1.54) is 6.42 Å². The Morgan fingerprint density at radius 1 is 1.10 bits per heavy atom. The number of nitrogens with zero attached hydrogens (tertiary/aromatic N) is 4. The second kappa shape index (κ2) is 13.2. The zero-order chi connectivity index (χ0) is 29.1. The Kier molecular flexibility index (Phi) is 9.21. The number of benzene rings is 1. The molecule has 3 saturated heterocycles. The van der Waals surface area contributed by atoms with Crippen LogP contribution >= 0.6 is 11.3 Å². The van der Waals surface area contributed by atoms with E-state index in [-0.39, 0.29) is 35.8 Å². The summed E-state index contributed by atoms with van der Waals surface area (Å²) in [6.45, 7) is 5.27. The van der Waals surface area contributed by atoms with Gasteiger partial charge in [0.05, 0.1) is 17.8 Å². The topological polar surface area (TPSA) is 95.1 Å². The molecule has 0 unspecified atom stereocenters. The van der Waals surface area contributed by atoms with Gasteiger partial charge >= 0.3 is 0 Å². The van der Waals surface area contributed by atoms with Crippen molar-refractivity contribution in [2.24, 2.45) is 11.8 Å². The Hall–Kier alpha value is -2.82. The van der Waals surface area contributed by atoms with Crippen molar-refractivity contribution in [2.45, 2.75) is 69.6 Å². The van der Waals surface area contributed by atoms with Gasteiger partial charge in [0.1, 0.15) is 12.3 Å². The number of aldehydes is 1. The van der Waals surface area contributed by atoms with Crippen LogP contribution < -0.4 is 10.2 Å². The maximum absolute atomic E-state index is 14.1. The first-order valence-electron chi connectivity index (χ1n) is 15.7. The average molecular weight is 594 g/mol. The predicted octanol–water partition coefficient (Wildman–Crippen LogP) is 3.84. The second-order valence-electron chi connectivity index (χ2n) is 12.4. The number of rotatable bonds is 9. The van der Waals surface area contributed by atoms with Crippen molar-refractivity contribution in [3.8, 4) is 11.3 Å². The van der Waals surface area contributed by atoms with Crippen molar-refractivity contribution in [2.75, 3.05) is 51.3 Å². The Bertz CT molecular complexity index is 1240. The van der Waals surface area contributed by atoms with Crippen LogP contribution in [0.15, 0.2) is 29.6 Å². The van der Waals surface area contributed by atoms with Gasteiger partial charge in [0.2, 0.25) is 5.91 Å². The fraction of sp³-hybridized carbons (Fsp3) is 0.625. The third kappa shape index (κ3) is 6.26. The summed E-state index contributed by atoms with van der Waals surface area (Å²) >= 11 is 1.66. The van der Waals surface area contributed by atoms with Crippen molar-refractivity contribution >= 4 is 34.6 Å². The van der Waals surface area contributed by atoms with Gasteiger partial charge in [0, 0.05) is 68.2 Å². The molecule has 0 radical (unpaired) electrons. The van der Waals surface area contributed by atoms with Crippen LogP contribution in [-0.2, 0) is 14.3 Å². The first kappa shape index (κ1) is 29.3. The van der Waals surface area contributed by atoms with E-state index in [9.17, 15) is 14.4 Å². The largest absolute Gasteiger partial charge is 0.376 e. The first-order chi connectivity index (χ1) is 20.5. The molecule has 0 bridgehead atoms. The molecule has 4 atom stereocenters. The van der Waals surface area contributed by atoms with Gasteiger partial charge in [-0.2, -0.15) is 0 Å². The fourth-order valence-corrected chi connectivity index (χ4v) is 8.14. The molecule has 1 aliphatic carbocycles. The van der Waals surface area contributed by atoms with Crippen molar-refractivity contribution in [1.29, 1.82) is 0 Å². The maximum atomic E-state index is 14.1. The number of fused-ring (bicyclic) bond motifs is 1. The summed E-state index contributed by atoms with van der Waals surface area (Å²) in [5.41, 5.74) is 2.45. The quantitative estimate of drug-likeness (QED) is 0.442. The highest BCUT2D eigenvalue weighted by atomic mass is 32.1. The summed E-state index contributed by atoms with van der Waals surface area (Å²) in [6, 6.07) is 7.07. The molecule has 1 aromatic heterocycles. The van der Waals surface area contributed by atoms with Crippen molar-refractivity contribution in [1.82, 2.24) is 20.1 Å². The Balaban J connectivity index is 1.14. The number of likely N-dealkylation sites (N-methyl/N-ethyl adjacent to an activating group) is 1. The maximum Gasteiger partial charge on any atom is 0.251 e. The van der Waals surface area contributed by atoms with Gasteiger partial charge in [-0.25, -0.2) is 4.98 Å². The van der Waals surface area contributed by atoms with E-state index in [0.717, 1.165) is 87.4 Å². The van der Waals surface area contributed by atoms with E-state index in [0.29, 0.717) is 25.1 Å². The molecule has 1 saturated carbocycles. The molecule has 42 heavy (non-hydrogen) atoms. The minimum absolute atomic E-state index is 0.00775. The number of carbonyl (C=O) groups is 3. The van der Waals surface area contributed by atoms with Crippen LogP contribution in [0.1, 0.15) is 61.7 Å². The number of ether oxygens (including phenoxy) is 1. The molecule has 4 heterocycles. The van der Waals surface area contributed by atoms with Crippen LogP contribution in [0.25, 0.3) is 11.3 Å². The molecule has 1 N–H and O–H groups in total. The van der Waals surface area contributed by atoms with Crippen LogP contribution in [0.2, 0.25) is 0 Å². The molecule has 4 aliphatic rings. The van der Waals surface area contributed by atoms with E-state index in [4.69, 9.17) is 9.72 Å². The first-order valence-corrected chi connectivity index (χ1v) is 16.6. The third-order valence-corrected chi connectivity index (χ3v) is 10.6. The van der Waals surface area contributed by atoms with Gasteiger partial charge in [-0.1, -0.05) is 31.4 Å². The van der Waals surface area contributed by atoms with Crippen LogP contribution in [0.4, 0.5) is 5.13 Å². The highest BCUT2D eigenvalue weighted by molar-refractivity contribution is 7.14.